The lowest BCUT2D eigenvalue weighted by atomic mass is 10.1. The van der Waals surface area contributed by atoms with Gasteiger partial charge in [-0.15, -0.1) is 0 Å². The molecule has 0 atom stereocenters. The van der Waals surface area contributed by atoms with Crippen LogP contribution in [-0.4, -0.2) is 40.0 Å². The van der Waals surface area contributed by atoms with E-state index < -0.39 is 12.0 Å². The number of aryl methyl sites for hydroxylation is 1. The molecule has 1 aromatic carbocycles. The topological polar surface area (TPSA) is 146 Å². The third-order valence-electron chi connectivity index (χ3n) is 3.61. The van der Waals surface area contributed by atoms with E-state index in [0.717, 1.165) is 5.69 Å². The Morgan fingerprint density at radius 2 is 1.92 bits per heavy atom. The number of nitrogens with two attached hydrogens (primary N) is 1. The van der Waals surface area contributed by atoms with Crippen LogP contribution in [0.5, 0.6) is 0 Å². The zero-order valence-electron chi connectivity index (χ0n) is 14.1. The van der Waals surface area contributed by atoms with E-state index in [4.69, 9.17) is 10.8 Å². The van der Waals surface area contributed by atoms with Crippen molar-refractivity contribution in [2.24, 2.45) is 0 Å². The van der Waals surface area contributed by atoms with Crippen LogP contribution in [0.4, 0.5) is 10.6 Å². The fourth-order valence-corrected chi connectivity index (χ4v) is 2.34. The van der Waals surface area contributed by atoms with E-state index in [1.807, 2.05) is 30.3 Å². The summed E-state index contributed by atoms with van der Waals surface area (Å²) in [5, 5.41) is 27.3. The van der Waals surface area contributed by atoms with Gasteiger partial charge in [-0.05, 0) is 25.0 Å². The number of benzene rings is 1. The fraction of sp³-hybridized carbons (Fsp3) is 0.294. The SMILES string of the molecule is N#Cc1c(CCCNC(=O)NCCC(=O)O)nn(-c2ccccc2)c1N. The van der Waals surface area contributed by atoms with Crippen LogP contribution in [0, 0.1) is 11.3 Å². The Kier molecular flexibility index (Phi) is 6.56. The molecule has 136 valence electrons. The number of para-hydroxylation sites is 1. The maximum atomic E-state index is 11.5. The molecule has 9 nitrogen and oxygen atoms in total. The Labute approximate surface area is 150 Å². The summed E-state index contributed by atoms with van der Waals surface area (Å²) in [5.41, 5.74) is 7.70. The minimum atomic E-state index is -0.971. The Morgan fingerprint density at radius 3 is 2.58 bits per heavy atom. The first kappa shape index (κ1) is 18.8. The van der Waals surface area contributed by atoms with Gasteiger partial charge >= 0.3 is 12.0 Å². The molecule has 9 heteroatoms. The number of nitrogen functional groups attached to an aromatic ring is 1. The summed E-state index contributed by atoms with van der Waals surface area (Å²) in [7, 11) is 0. The van der Waals surface area contributed by atoms with Crippen molar-refractivity contribution >= 4 is 17.8 Å². The van der Waals surface area contributed by atoms with Crippen molar-refractivity contribution in [3.05, 3.63) is 41.6 Å². The summed E-state index contributed by atoms with van der Waals surface area (Å²) in [4.78, 5) is 21.9. The number of rotatable bonds is 8. The Morgan fingerprint density at radius 1 is 1.23 bits per heavy atom. The van der Waals surface area contributed by atoms with Crippen LogP contribution < -0.4 is 16.4 Å². The highest BCUT2D eigenvalue weighted by Crippen LogP contribution is 2.21. The van der Waals surface area contributed by atoms with Crippen molar-refractivity contribution in [2.75, 3.05) is 18.8 Å². The highest BCUT2D eigenvalue weighted by molar-refractivity contribution is 5.74. The maximum Gasteiger partial charge on any atom is 0.314 e. The van der Waals surface area contributed by atoms with Gasteiger partial charge in [0.15, 0.2) is 0 Å². The zero-order chi connectivity index (χ0) is 18.9. The fourth-order valence-electron chi connectivity index (χ4n) is 2.34. The average molecular weight is 356 g/mol. The van der Waals surface area contributed by atoms with Crippen molar-refractivity contribution < 1.29 is 14.7 Å². The van der Waals surface area contributed by atoms with Crippen molar-refractivity contribution in [2.45, 2.75) is 19.3 Å². The third-order valence-corrected chi connectivity index (χ3v) is 3.61. The monoisotopic (exact) mass is 356 g/mol. The zero-order valence-corrected chi connectivity index (χ0v) is 14.1. The molecule has 0 spiro atoms. The summed E-state index contributed by atoms with van der Waals surface area (Å²) in [5.74, 6) is -0.686. The number of carboxylic acid groups (broad SMARTS) is 1. The first-order chi connectivity index (χ1) is 12.5. The average Bonchev–Trinajstić information content (AvgIpc) is 2.94. The van der Waals surface area contributed by atoms with Crippen molar-refractivity contribution in [1.29, 1.82) is 5.26 Å². The van der Waals surface area contributed by atoms with Crippen molar-refractivity contribution in [1.82, 2.24) is 20.4 Å². The molecule has 2 aromatic rings. The van der Waals surface area contributed by atoms with Gasteiger partial charge in [-0.25, -0.2) is 9.48 Å². The lowest BCUT2D eigenvalue weighted by Gasteiger charge is -2.06. The number of hydrogen-bond acceptors (Lipinski definition) is 5. The molecule has 2 amide bonds. The van der Waals surface area contributed by atoms with Crippen LogP contribution in [-0.2, 0) is 11.2 Å². The van der Waals surface area contributed by atoms with Crippen LogP contribution in [0.1, 0.15) is 24.1 Å². The van der Waals surface area contributed by atoms with Crippen LogP contribution in [0.15, 0.2) is 30.3 Å². The van der Waals surface area contributed by atoms with Gasteiger partial charge in [0.05, 0.1) is 17.8 Å². The number of urea groups is 1. The van der Waals surface area contributed by atoms with Crippen LogP contribution >= 0.6 is 0 Å². The summed E-state index contributed by atoms with van der Waals surface area (Å²) < 4.78 is 1.53. The highest BCUT2D eigenvalue weighted by Gasteiger charge is 2.16. The molecule has 1 heterocycles. The number of hydrogen-bond donors (Lipinski definition) is 4. The van der Waals surface area contributed by atoms with Gasteiger partial charge in [-0.3, -0.25) is 4.79 Å². The number of aromatic nitrogens is 2. The molecule has 0 saturated carbocycles. The van der Waals surface area contributed by atoms with Crippen LogP contribution in [0.3, 0.4) is 0 Å². The number of nitriles is 1. The molecule has 0 aliphatic carbocycles. The van der Waals surface area contributed by atoms with E-state index in [1.165, 1.54) is 4.68 Å². The van der Waals surface area contributed by atoms with E-state index in [0.29, 0.717) is 30.6 Å². The standard InChI is InChI=1S/C17H20N6O3/c18-11-13-14(7-4-9-20-17(26)21-10-8-15(24)25)22-23(16(13)19)12-5-2-1-3-6-12/h1-3,5-6H,4,7-10,19H2,(H,24,25)(H2,20,21,26). The van der Waals surface area contributed by atoms with Crippen molar-refractivity contribution in [3.63, 3.8) is 0 Å². The molecule has 1 aromatic heterocycles. The second-order valence-electron chi connectivity index (χ2n) is 5.50. The molecule has 0 unspecified atom stereocenters. The summed E-state index contributed by atoms with van der Waals surface area (Å²) >= 11 is 0. The van der Waals surface area contributed by atoms with E-state index in [2.05, 4.69) is 21.8 Å². The van der Waals surface area contributed by atoms with Crippen molar-refractivity contribution in [3.8, 4) is 11.8 Å². The minimum Gasteiger partial charge on any atom is -0.481 e. The first-order valence-electron chi connectivity index (χ1n) is 8.09. The predicted octanol–water partition coefficient (Wildman–Crippen LogP) is 1.03. The molecular formula is C17H20N6O3. The van der Waals surface area contributed by atoms with E-state index in [-0.39, 0.29) is 18.8 Å². The predicted molar refractivity (Wildman–Crippen MR) is 94.7 cm³/mol. The number of nitrogens with zero attached hydrogens (tertiary/aromatic N) is 3. The Balaban J connectivity index is 1.89. The molecule has 0 aliphatic rings. The number of carbonyl (C=O) groups is 2. The van der Waals surface area contributed by atoms with Gasteiger partial charge in [0.2, 0.25) is 0 Å². The van der Waals surface area contributed by atoms with Gasteiger partial charge in [0.1, 0.15) is 17.5 Å². The molecule has 0 fully saturated rings. The van der Waals surface area contributed by atoms with Crippen LogP contribution in [0.25, 0.3) is 5.69 Å². The Hall–Kier alpha value is -3.54. The van der Waals surface area contributed by atoms with E-state index in [9.17, 15) is 14.9 Å². The summed E-state index contributed by atoms with van der Waals surface area (Å²) in [6, 6.07) is 10.9. The van der Waals surface area contributed by atoms with Gasteiger partial charge < -0.3 is 21.5 Å². The highest BCUT2D eigenvalue weighted by atomic mass is 16.4. The van der Waals surface area contributed by atoms with Gasteiger partial charge in [-0.1, -0.05) is 18.2 Å². The number of amides is 2. The molecule has 2 rings (SSSR count). The number of anilines is 1. The molecule has 26 heavy (non-hydrogen) atoms. The van der Waals surface area contributed by atoms with E-state index >= 15 is 0 Å². The normalized spacial score (nSPS) is 10.1. The molecular weight excluding hydrogens is 336 g/mol. The second-order valence-corrected chi connectivity index (χ2v) is 5.50. The smallest absolute Gasteiger partial charge is 0.314 e. The van der Waals surface area contributed by atoms with E-state index in [1.54, 1.807) is 0 Å². The summed E-state index contributed by atoms with van der Waals surface area (Å²) in [6.45, 7) is 0.430. The maximum absolute atomic E-state index is 11.5. The number of nitrogens with one attached hydrogen (secondary N) is 2. The molecule has 5 N–H and O–H groups in total. The number of aliphatic carboxylic acids is 1. The minimum absolute atomic E-state index is 0.0672. The molecule has 0 aliphatic heterocycles. The number of carboxylic acids is 1. The van der Waals surface area contributed by atoms with Crippen LogP contribution in [0.2, 0.25) is 0 Å². The van der Waals surface area contributed by atoms with Gasteiger partial charge in [0.25, 0.3) is 0 Å². The summed E-state index contributed by atoms with van der Waals surface area (Å²) in [6.07, 6.45) is 0.907. The lowest BCUT2D eigenvalue weighted by molar-refractivity contribution is -0.136. The Bertz CT molecular complexity index is 810. The largest absolute Gasteiger partial charge is 0.481 e. The molecule has 0 bridgehead atoms. The second kappa shape index (κ2) is 9.08. The van der Waals surface area contributed by atoms with Gasteiger partial charge in [-0.2, -0.15) is 10.4 Å². The molecule has 0 saturated heterocycles. The molecule has 0 radical (unpaired) electrons. The lowest BCUT2D eigenvalue weighted by Crippen LogP contribution is -2.37. The number of carbonyl (C=O) groups excluding carboxylic acids is 1. The quantitative estimate of drug-likeness (QED) is 0.520. The van der Waals surface area contributed by atoms with Gasteiger partial charge in [0, 0.05) is 13.1 Å². The third kappa shape index (κ3) is 4.98. The first-order valence-corrected chi connectivity index (χ1v) is 8.09.